The van der Waals surface area contributed by atoms with Crippen molar-refractivity contribution in [3.05, 3.63) is 48.0 Å². The molecular weight excluding hydrogens is 336 g/mol. The van der Waals surface area contributed by atoms with Crippen molar-refractivity contribution in [3.63, 3.8) is 0 Å². The van der Waals surface area contributed by atoms with Crippen molar-refractivity contribution < 1.29 is 14.3 Å². The molecule has 0 radical (unpaired) electrons. The van der Waals surface area contributed by atoms with Crippen molar-refractivity contribution in [2.24, 2.45) is 11.8 Å². The van der Waals surface area contributed by atoms with Gasteiger partial charge in [-0.25, -0.2) is 0 Å². The van der Waals surface area contributed by atoms with Crippen LogP contribution in [-0.2, 0) is 0 Å². The van der Waals surface area contributed by atoms with Crippen LogP contribution in [0.15, 0.2) is 46.9 Å². The highest BCUT2D eigenvalue weighted by atomic mass is 16.5. The Bertz CT molecular complexity index is 981. The molecule has 27 heavy (non-hydrogen) atoms. The maximum Gasteiger partial charge on any atom is 0.135 e. The van der Waals surface area contributed by atoms with Crippen LogP contribution in [0.4, 0.5) is 0 Å². The molecule has 3 atom stereocenters. The Morgan fingerprint density at radius 1 is 1.07 bits per heavy atom. The average Bonchev–Trinajstić information content (AvgIpc) is 3.04. The Morgan fingerprint density at radius 3 is 2.70 bits per heavy atom. The average molecular weight is 362 g/mol. The van der Waals surface area contributed by atoms with E-state index in [1.165, 1.54) is 6.42 Å². The Labute approximate surface area is 160 Å². The molecule has 2 aromatic carbocycles. The summed E-state index contributed by atoms with van der Waals surface area (Å²) >= 11 is 0. The largest absolute Gasteiger partial charge is 0.507 e. The number of phenolic OH excluding ortho intramolecular Hbond substituents is 1. The molecule has 3 heteroatoms. The van der Waals surface area contributed by atoms with Crippen molar-refractivity contribution in [1.82, 2.24) is 0 Å². The van der Waals surface area contributed by atoms with Gasteiger partial charge in [0.05, 0.1) is 0 Å². The number of hydrogen-bond acceptors (Lipinski definition) is 3. The minimum absolute atomic E-state index is 0.225. The zero-order chi connectivity index (χ0) is 18.8. The van der Waals surface area contributed by atoms with Gasteiger partial charge in [-0.05, 0) is 62.8 Å². The minimum atomic E-state index is -0.225. The van der Waals surface area contributed by atoms with Gasteiger partial charge < -0.3 is 14.3 Å². The molecule has 1 saturated carbocycles. The molecule has 2 aliphatic rings. The zero-order valence-corrected chi connectivity index (χ0v) is 16.2. The van der Waals surface area contributed by atoms with Gasteiger partial charge in [-0.1, -0.05) is 31.5 Å². The quantitative estimate of drug-likeness (QED) is 0.537. The number of ether oxygens (including phenoxy) is 1. The fourth-order valence-electron chi connectivity index (χ4n) is 5.23. The summed E-state index contributed by atoms with van der Waals surface area (Å²) in [5.74, 6) is 3.40. The fourth-order valence-corrected chi connectivity index (χ4v) is 5.23. The van der Waals surface area contributed by atoms with Gasteiger partial charge in [-0.15, -0.1) is 0 Å². The van der Waals surface area contributed by atoms with Gasteiger partial charge in [0.15, 0.2) is 0 Å². The van der Waals surface area contributed by atoms with E-state index in [9.17, 15) is 5.11 Å². The molecule has 0 amide bonds. The van der Waals surface area contributed by atoms with Crippen LogP contribution in [0.2, 0.25) is 0 Å². The van der Waals surface area contributed by atoms with Gasteiger partial charge in [0.1, 0.15) is 28.4 Å². The maximum atomic E-state index is 10.9. The summed E-state index contributed by atoms with van der Waals surface area (Å²) in [5.41, 5.74) is 2.48. The van der Waals surface area contributed by atoms with Crippen molar-refractivity contribution in [2.75, 3.05) is 0 Å². The van der Waals surface area contributed by atoms with Crippen molar-refractivity contribution >= 4 is 11.0 Å². The predicted octanol–water partition coefficient (Wildman–Crippen LogP) is 6.50. The third-order valence-electron chi connectivity index (χ3n) is 6.58. The molecule has 3 nitrogen and oxygen atoms in total. The number of fused-ring (bicyclic) bond motifs is 4. The molecule has 0 unspecified atom stereocenters. The number of para-hydroxylation sites is 1. The molecular formula is C24H26O3. The topological polar surface area (TPSA) is 42.6 Å². The van der Waals surface area contributed by atoms with Crippen LogP contribution >= 0.6 is 0 Å². The third kappa shape index (κ3) is 2.63. The maximum absolute atomic E-state index is 10.9. The van der Waals surface area contributed by atoms with E-state index in [0.29, 0.717) is 23.5 Å². The van der Waals surface area contributed by atoms with Crippen molar-refractivity contribution in [2.45, 2.75) is 51.6 Å². The summed E-state index contributed by atoms with van der Waals surface area (Å²) in [6, 6.07) is 13.9. The highest BCUT2D eigenvalue weighted by molar-refractivity contribution is 5.83. The van der Waals surface area contributed by atoms with Crippen LogP contribution in [0.25, 0.3) is 22.3 Å². The lowest BCUT2D eigenvalue weighted by Crippen LogP contribution is -2.46. The lowest BCUT2D eigenvalue weighted by molar-refractivity contribution is -0.0144. The first-order chi connectivity index (χ1) is 12.9. The minimum Gasteiger partial charge on any atom is -0.507 e. The van der Waals surface area contributed by atoms with E-state index in [1.54, 1.807) is 0 Å². The fraction of sp³-hybridized carbons (Fsp3) is 0.417. The van der Waals surface area contributed by atoms with E-state index in [2.05, 4.69) is 20.8 Å². The number of aromatic hydroxyl groups is 1. The summed E-state index contributed by atoms with van der Waals surface area (Å²) in [5, 5.41) is 12.0. The molecule has 140 valence electrons. The number of hydrogen-bond donors (Lipinski definition) is 1. The first-order valence-corrected chi connectivity index (χ1v) is 9.97. The van der Waals surface area contributed by atoms with Gasteiger partial charge in [-0.2, -0.15) is 0 Å². The summed E-state index contributed by atoms with van der Waals surface area (Å²) in [4.78, 5) is 0. The van der Waals surface area contributed by atoms with Gasteiger partial charge in [0.25, 0.3) is 0 Å². The summed E-state index contributed by atoms with van der Waals surface area (Å²) in [6.45, 7) is 6.70. The first-order valence-electron chi connectivity index (χ1n) is 9.97. The van der Waals surface area contributed by atoms with Gasteiger partial charge in [-0.3, -0.25) is 0 Å². The van der Waals surface area contributed by atoms with Crippen LogP contribution in [0.5, 0.6) is 11.5 Å². The van der Waals surface area contributed by atoms with Crippen LogP contribution in [0, 0.1) is 11.8 Å². The second kappa shape index (κ2) is 5.79. The van der Waals surface area contributed by atoms with Gasteiger partial charge in [0, 0.05) is 22.4 Å². The van der Waals surface area contributed by atoms with Crippen molar-refractivity contribution in [1.29, 1.82) is 0 Å². The lowest BCUT2D eigenvalue weighted by Gasteiger charge is -2.48. The molecule has 0 spiro atoms. The molecule has 0 saturated heterocycles. The standard InChI is InChI=1S/C24H26O3/c1-14-8-9-18-17(10-14)23-19(25)11-16(13-22(23)27-24(18,2)3)21-12-15-6-4-5-7-20(15)26-21/h4-7,11-14,17-18,25H,8-10H2,1-3H3/t14-,17+,18+/m1/s1. The number of benzene rings is 2. The highest BCUT2D eigenvalue weighted by Gasteiger charge is 2.47. The van der Waals surface area contributed by atoms with Gasteiger partial charge >= 0.3 is 0 Å². The van der Waals surface area contributed by atoms with E-state index < -0.39 is 0 Å². The second-order valence-corrected chi connectivity index (χ2v) is 8.89. The molecule has 0 bridgehead atoms. The van der Waals surface area contributed by atoms with E-state index in [-0.39, 0.29) is 5.60 Å². The molecule has 1 N–H and O–H groups in total. The first kappa shape index (κ1) is 16.7. The van der Waals surface area contributed by atoms with Gasteiger partial charge in [0.2, 0.25) is 0 Å². The number of phenols is 1. The van der Waals surface area contributed by atoms with Crippen LogP contribution in [0.3, 0.4) is 0 Å². The summed E-state index contributed by atoms with van der Waals surface area (Å²) in [6.07, 6.45) is 3.51. The zero-order valence-electron chi connectivity index (χ0n) is 16.2. The molecule has 1 aromatic heterocycles. The number of furan rings is 1. The Kier molecular flexibility index (Phi) is 3.59. The van der Waals surface area contributed by atoms with Crippen LogP contribution in [0.1, 0.15) is 51.5 Å². The Hall–Kier alpha value is -2.42. The molecule has 1 fully saturated rings. The monoisotopic (exact) mass is 362 g/mol. The molecule has 3 aromatic rings. The van der Waals surface area contributed by atoms with E-state index in [4.69, 9.17) is 9.15 Å². The summed E-state index contributed by atoms with van der Waals surface area (Å²) in [7, 11) is 0. The third-order valence-corrected chi connectivity index (χ3v) is 6.58. The molecule has 1 aliphatic carbocycles. The molecule has 5 rings (SSSR count). The Morgan fingerprint density at radius 2 is 1.89 bits per heavy atom. The normalized spacial score (nSPS) is 26.3. The predicted molar refractivity (Wildman–Crippen MR) is 107 cm³/mol. The smallest absolute Gasteiger partial charge is 0.135 e. The Balaban J connectivity index is 1.63. The van der Waals surface area contributed by atoms with Crippen molar-refractivity contribution in [3.8, 4) is 22.8 Å². The molecule has 2 heterocycles. The molecule has 1 aliphatic heterocycles. The van der Waals surface area contributed by atoms with E-state index in [0.717, 1.165) is 46.4 Å². The lowest BCUT2D eigenvalue weighted by atomic mass is 9.64. The van der Waals surface area contributed by atoms with Crippen LogP contribution < -0.4 is 4.74 Å². The summed E-state index contributed by atoms with van der Waals surface area (Å²) < 4.78 is 12.4. The van der Waals surface area contributed by atoms with E-state index in [1.807, 2.05) is 42.5 Å². The second-order valence-electron chi connectivity index (χ2n) is 8.89. The highest BCUT2D eigenvalue weighted by Crippen LogP contribution is 2.56. The van der Waals surface area contributed by atoms with E-state index >= 15 is 0 Å². The number of rotatable bonds is 1. The SMILES string of the molecule is C[C@@H]1CC[C@H]2[C@H](C1)c1c(O)cc(-c3cc4ccccc4o3)cc1OC2(C)C. The van der Waals surface area contributed by atoms with Crippen LogP contribution in [-0.4, -0.2) is 10.7 Å².